The Balaban J connectivity index is 1.49. The van der Waals surface area contributed by atoms with Crippen molar-refractivity contribution in [2.45, 2.75) is 57.1 Å². The van der Waals surface area contributed by atoms with Crippen molar-refractivity contribution in [2.75, 3.05) is 32.8 Å². The number of benzene rings is 1. The Morgan fingerprint density at radius 3 is 2.50 bits per heavy atom. The number of amides is 1. The van der Waals surface area contributed by atoms with Crippen molar-refractivity contribution in [1.29, 1.82) is 0 Å². The summed E-state index contributed by atoms with van der Waals surface area (Å²) in [5.41, 5.74) is 1.22. The van der Waals surface area contributed by atoms with Crippen molar-refractivity contribution >= 4 is 5.91 Å². The zero-order valence-corrected chi connectivity index (χ0v) is 15.8. The zero-order valence-electron chi connectivity index (χ0n) is 15.8. The molecule has 2 saturated heterocycles. The molecule has 2 atom stereocenters. The molecule has 0 bridgehead atoms. The third kappa shape index (κ3) is 4.12. The molecule has 2 heterocycles. The first-order chi connectivity index (χ1) is 12.8. The van der Waals surface area contributed by atoms with Crippen LogP contribution in [0.3, 0.4) is 0 Å². The molecule has 1 aromatic rings. The number of hydrogen-bond donors (Lipinski definition) is 0. The Bertz CT molecular complexity index is 581. The zero-order chi connectivity index (χ0) is 17.8. The van der Waals surface area contributed by atoms with E-state index >= 15 is 0 Å². The van der Waals surface area contributed by atoms with Crippen LogP contribution in [-0.4, -0.2) is 54.6 Å². The second-order valence-corrected chi connectivity index (χ2v) is 8.20. The molecule has 2 aliphatic heterocycles. The van der Waals surface area contributed by atoms with E-state index in [1.54, 1.807) is 0 Å². The van der Waals surface area contributed by atoms with Crippen LogP contribution in [0.5, 0.6) is 0 Å². The molecule has 1 aromatic carbocycles. The Labute approximate surface area is 157 Å². The lowest BCUT2D eigenvalue weighted by Gasteiger charge is -2.43. The van der Waals surface area contributed by atoms with Gasteiger partial charge >= 0.3 is 0 Å². The van der Waals surface area contributed by atoms with Gasteiger partial charge in [0.05, 0.1) is 18.8 Å². The van der Waals surface area contributed by atoms with Gasteiger partial charge in [-0.1, -0.05) is 49.6 Å². The number of nitrogens with zero attached hydrogens (tertiary/aromatic N) is 2. The minimum absolute atomic E-state index is 0.0550. The molecule has 0 aromatic heterocycles. The number of rotatable bonds is 6. The Kier molecular flexibility index (Phi) is 5.91. The fourth-order valence-electron chi connectivity index (χ4n) is 4.68. The van der Waals surface area contributed by atoms with Crippen LogP contribution in [0.2, 0.25) is 0 Å². The van der Waals surface area contributed by atoms with Crippen LogP contribution in [0, 0.1) is 5.92 Å². The van der Waals surface area contributed by atoms with E-state index in [1.807, 2.05) is 6.07 Å². The van der Waals surface area contributed by atoms with Crippen molar-refractivity contribution in [1.82, 2.24) is 9.80 Å². The molecule has 26 heavy (non-hydrogen) atoms. The smallest absolute Gasteiger partial charge is 0.223 e. The Hall–Kier alpha value is -1.39. The van der Waals surface area contributed by atoms with E-state index < -0.39 is 0 Å². The molecule has 4 rings (SSSR count). The average molecular weight is 357 g/mol. The maximum absolute atomic E-state index is 13.1. The van der Waals surface area contributed by atoms with Gasteiger partial charge in [-0.3, -0.25) is 4.79 Å². The van der Waals surface area contributed by atoms with Crippen molar-refractivity contribution in [3.63, 3.8) is 0 Å². The number of carbonyl (C=O) groups excluding carboxylic acids is 1. The largest absolute Gasteiger partial charge is 0.373 e. The molecule has 4 nitrogen and oxygen atoms in total. The van der Waals surface area contributed by atoms with Gasteiger partial charge < -0.3 is 14.5 Å². The highest BCUT2D eigenvalue weighted by Crippen LogP contribution is 2.34. The van der Waals surface area contributed by atoms with Gasteiger partial charge in [0, 0.05) is 19.5 Å². The molecule has 3 fully saturated rings. The van der Waals surface area contributed by atoms with Gasteiger partial charge in [0.25, 0.3) is 0 Å². The van der Waals surface area contributed by atoms with Crippen LogP contribution >= 0.6 is 0 Å². The first-order valence-electron chi connectivity index (χ1n) is 10.5. The summed E-state index contributed by atoms with van der Waals surface area (Å²) < 4.78 is 6.21. The molecule has 142 valence electrons. The second-order valence-electron chi connectivity index (χ2n) is 8.20. The lowest BCUT2D eigenvalue weighted by atomic mass is 9.82. The Morgan fingerprint density at radius 1 is 1.04 bits per heavy atom. The van der Waals surface area contributed by atoms with Gasteiger partial charge in [0.2, 0.25) is 5.91 Å². The van der Waals surface area contributed by atoms with Gasteiger partial charge in [0.15, 0.2) is 0 Å². The van der Waals surface area contributed by atoms with Gasteiger partial charge in [0.1, 0.15) is 0 Å². The van der Waals surface area contributed by atoms with E-state index in [0.29, 0.717) is 18.9 Å². The quantitative estimate of drug-likeness (QED) is 0.780. The normalized spacial score (nSPS) is 27.5. The molecular weight excluding hydrogens is 324 g/mol. The van der Waals surface area contributed by atoms with Crippen LogP contribution in [0.4, 0.5) is 0 Å². The van der Waals surface area contributed by atoms with Crippen molar-refractivity contribution < 1.29 is 9.53 Å². The molecule has 0 radical (unpaired) electrons. The number of morpholine rings is 1. The summed E-state index contributed by atoms with van der Waals surface area (Å²) in [6.45, 7) is 4.65. The van der Waals surface area contributed by atoms with Crippen LogP contribution in [0.25, 0.3) is 0 Å². The monoisotopic (exact) mass is 356 g/mol. The predicted molar refractivity (Wildman–Crippen MR) is 103 cm³/mol. The van der Waals surface area contributed by atoms with E-state index in [9.17, 15) is 4.79 Å². The highest BCUT2D eigenvalue weighted by molar-refractivity contribution is 5.77. The molecule has 3 aliphatic rings. The summed E-state index contributed by atoms with van der Waals surface area (Å²) in [6.07, 6.45) is 8.39. The fourth-order valence-corrected chi connectivity index (χ4v) is 4.68. The summed E-state index contributed by atoms with van der Waals surface area (Å²) >= 11 is 0. The van der Waals surface area contributed by atoms with Crippen molar-refractivity contribution in [3.8, 4) is 0 Å². The summed E-state index contributed by atoms with van der Waals surface area (Å²) in [4.78, 5) is 17.7. The van der Waals surface area contributed by atoms with Crippen LogP contribution in [-0.2, 0) is 9.53 Å². The molecule has 1 aliphatic carbocycles. The minimum Gasteiger partial charge on any atom is -0.373 e. The van der Waals surface area contributed by atoms with Crippen molar-refractivity contribution in [3.05, 3.63) is 35.9 Å². The molecule has 0 spiro atoms. The summed E-state index contributed by atoms with van der Waals surface area (Å²) in [7, 11) is 0. The van der Waals surface area contributed by atoms with E-state index in [4.69, 9.17) is 4.74 Å². The second kappa shape index (κ2) is 8.53. The first kappa shape index (κ1) is 18.0. The maximum Gasteiger partial charge on any atom is 0.223 e. The van der Waals surface area contributed by atoms with Crippen molar-refractivity contribution in [2.24, 2.45) is 5.92 Å². The number of hydrogen-bond acceptors (Lipinski definition) is 3. The third-order valence-corrected chi connectivity index (χ3v) is 6.44. The Morgan fingerprint density at radius 2 is 1.81 bits per heavy atom. The maximum atomic E-state index is 13.1. The van der Waals surface area contributed by atoms with E-state index in [1.165, 1.54) is 37.7 Å². The van der Waals surface area contributed by atoms with Crippen LogP contribution < -0.4 is 0 Å². The van der Waals surface area contributed by atoms with Gasteiger partial charge in [-0.25, -0.2) is 0 Å². The number of ether oxygens (including phenoxy) is 1. The number of carbonyl (C=O) groups is 1. The topological polar surface area (TPSA) is 32.8 Å². The first-order valence-corrected chi connectivity index (χ1v) is 10.5. The highest BCUT2D eigenvalue weighted by atomic mass is 16.5. The predicted octanol–water partition coefficient (Wildman–Crippen LogP) is 3.63. The highest BCUT2D eigenvalue weighted by Gasteiger charge is 2.37. The van der Waals surface area contributed by atoms with E-state index in [0.717, 1.165) is 38.5 Å². The van der Waals surface area contributed by atoms with Crippen LogP contribution in [0.15, 0.2) is 30.3 Å². The standard InChI is InChI=1S/C22H32N2O2/c25-21(12-11-18-7-6-8-18)24-15-16-26-20(17-23-13-4-5-14-23)22(24)19-9-2-1-3-10-19/h1-3,9-10,18,20,22H,4-8,11-17H2/t20-,22-/m0/s1. The molecule has 4 heteroatoms. The van der Waals surface area contributed by atoms with E-state index in [-0.39, 0.29) is 12.1 Å². The van der Waals surface area contributed by atoms with Crippen LogP contribution in [0.1, 0.15) is 56.6 Å². The molecule has 0 N–H and O–H groups in total. The lowest BCUT2D eigenvalue weighted by molar-refractivity contribution is -0.148. The van der Waals surface area contributed by atoms with E-state index in [2.05, 4.69) is 34.1 Å². The molecule has 0 unspecified atom stereocenters. The minimum atomic E-state index is 0.0550. The van der Waals surface area contributed by atoms with Gasteiger partial charge in [-0.05, 0) is 43.8 Å². The molecular formula is C22H32N2O2. The fraction of sp³-hybridized carbons (Fsp3) is 0.682. The summed E-state index contributed by atoms with van der Waals surface area (Å²) in [5.74, 6) is 1.11. The molecule has 1 amide bonds. The average Bonchev–Trinajstić information content (AvgIpc) is 3.14. The van der Waals surface area contributed by atoms with Gasteiger partial charge in [-0.15, -0.1) is 0 Å². The lowest BCUT2D eigenvalue weighted by Crippen LogP contribution is -2.51. The third-order valence-electron chi connectivity index (χ3n) is 6.44. The SMILES string of the molecule is O=C(CCC1CCC1)N1CCO[C@@H](CN2CCCC2)[C@@H]1c1ccccc1. The number of likely N-dealkylation sites (tertiary alicyclic amines) is 1. The summed E-state index contributed by atoms with van der Waals surface area (Å²) in [6, 6.07) is 10.6. The molecule has 1 saturated carbocycles. The van der Waals surface area contributed by atoms with Gasteiger partial charge in [-0.2, -0.15) is 0 Å². The summed E-state index contributed by atoms with van der Waals surface area (Å²) in [5, 5.41) is 0.